The van der Waals surface area contributed by atoms with Crippen molar-refractivity contribution in [2.24, 2.45) is 7.05 Å². The number of nitrogens with zero attached hydrogens (tertiary/aromatic N) is 2. The fraction of sp³-hybridized carbons (Fsp3) is 0.333. The number of aromatic amines is 1. The normalized spacial score (nSPS) is 9.20. The smallest absolute Gasteiger partial charge is 0.266 e. The predicted octanol–water partition coefficient (Wildman–Crippen LogP) is -0.221. The Hall–Kier alpha value is -1.50. The first-order valence-electron chi connectivity index (χ1n) is 2.86. The molecule has 4 nitrogen and oxygen atoms in total. The lowest BCUT2D eigenvalue weighted by Gasteiger charge is -1.85. The Bertz CT molecular complexity index is 314. The molecule has 1 heterocycles. The zero-order valence-corrected chi connectivity index (χ0v) is 5.59. The summed E-state index contributed by atoms with van der Waals surface area (Å²) >= 11 is 0. The van der Waals surface area contributed by atoms with Gasteiger partial charge >= 0.3 is 0 Å². The Kier molecular flexibility index (Phi) is 1.59. The highest BCUT2D eigenvalue weighted by Crippen LogP contribution is 1.87. The standard InChI is InChI=1S/C6H7N3O/c1-9-6(10)4-5(8-9)2-3-7/h4,8H,2H2,1H3. The van der Waals surface area contributed by atoms with Gasteiger partial charge in [0.15, 0.2) is 0 Å². The van der Waals surface area contributed by atoms with Crippen molar-refractivity contribution in [1.82, 2.24) is 9.78 Å². The molecule has 0 aliphatic rings. The van der Waals surface area contributed by atoms with E-state index in [1.807, 2.05) is 6.07 Å². The largest absolute Gasteiger partial charge is 0.299 e. The van der Waals surface area contributed by atoms with E-state index in [0.29, 0.717) is 5.69 Å². The maximum atomic E-state index is 10.7. The van der Waals surface area contributed by atoms with Crippen molar-refractivity contribution >= 4 is 0 Å². The van der Waals surface area contributed by atoms with Crippen molar-refractivity contribution in [2.45, 2.75) is 6.42 Å². The quantitative estimate of drug-likeness (QED) is 0.581. The first kappa shape index (κ1) is 6.62. The van der Waals surface area contributed by atoms with E-state index >= 15 is 0 Å². The molecule has 0 saturated carbocycles. The minimum atomic E-state index is -0.106. The average Bonchev–Trinajstić information content (AvgIpc) is 2.14. The summed E-state index contributed by atoms with van der Waals surface area (Å²) in [5, 5.41) is 11.0. The second kappa shape index (κ2) is 2.40. The minimum absolute atomic E-state index is 0.106. The molecule has 0 amide bonds. The van der Waals surface area contributed by atoms with E-state index in [1.54, 1.807) is 7.05 Å². The van der Waals surface area contributed by atoms with Crippen LogP contribution in [0.4, 0.5) is 0 Å². The van der Waals surface area contributed by atoms with Crippen LogP contribution in [-0.2, 0) is 13.5 Å². The highest BCUT2D eigenvalue weighted by Gasteiger charge is 1.96. The molecule has 4 heteroatoms. The van der Waals surface area contributed by atoms with Crippen molar-refractivity contribution < 1.29 is 0 Å². The van der Waals surface area contributed by atoms with Gasteiger partial charge in [-0.2, -0.15) is 5.26 Å². The van der Waals surface area contributed by atoms with Crippen LogP contribution in [0, 0.1) is 11.3 Å². The van der Waals surface area contributed by atoms with Crippen LogP contribution in [-0.4, -0.2) is 9.78 Å². The summed E-state index contributed by atoms with van der Waals surface area (Å²) in [6.45, 7) is 0. The lowest BCUT2D eigenvalue weighted by atomic mass is 10.3. The molecular formula is C6H7N3O. The SMILES string of the molecule is Cn1[nH]c(CC#N)cc1=O. The van der Waals surface area contributed by atoms with E-state index < -0.39 is 0 Å². The predicted molar refractivity (Wildman–Crippen MR) is 35.4 cm³/mol. The maximum absolute atomic E-state index is 10.7. The van der Waals surface area contributed by atoms with Crippen molar-refractivity contribution in [1.29, 1.82) is 5.26 Å². The molecule has 0 saturated heterocycles. The number of hydrogen-bond donors (Lipinski definition) is 1. The summed E-state index contributed by atoms with van der Waals surface area (Å²) in [7, 11) is 1.61. The topological polar surface area (TPSA) is 61.6 Å². The Labute approximate surface area is 57.7 Å². The van der Waals surface area contributed by atoms with E-state index in [0.717, 1.165) is 0 Å². The van der Waals surface area contributed by atoms with Gasteiger partial charge in [-0.1, -0.05) is 0 Å². The van der Waals surface area contributed by atoms with Crippen LogP contribution in [0.2, 0.25) is 0 Å². The van der Waals surface area contributed by atoms with Crippen LogP contribution >= 0.6 is 0 Å². The van der Waals surface area contributed by atoms with Gasteiger partial charge in [-0.05, 0) is 0 Å². The van der Waals surface area contributed by atoms with Crippen LogP contribution in [0.15, 0.2) is 10.9 Å². The maximum Gasteiger partial charge on any atom is 0.266 e. The summed E-state index contributed by atoms with van der Waals surface area (Å²) in [4.78, 5) is 10.7. The third-order valence-corrected chi connectivity index (χ3v) is 1.21. The average molecular weight is 137 g/mol. The Balaban J connectivity index is 3.01. The molecule has 0 spiro atoms. The third kappa shape index (κ3) is 1.08. The molecule has 0 unspecified atom stereocenters. The van der Waals surface area contributed by atoms with Gasteiger partial charge < -0.3 is 0 Å². The molecule has 0 aliphatic heterocycles. The van der Waals surface area contributed by atoms with Crippen LogP contribution in [0.3, 0.4) is 0 Å². The fourth-order valence-electron chi connectivity index (χ4n) is 0.724. The second-order valence-electron chi connectivity index (χ2n) is 2.01. The van der Waals surface area contributed by atoms with Gasteiger partial charge in [-0.25, -0.2) is 0 Å². The van der Waals surface area contributed by atoms with Crippen molar-refractivity contribution in [3.8, 4) is 6.07 Å². The molecule has 52 valence electrons. The van der Waals surface area contributed by atoms with Gasteiger partial charge in [-0.3, -0.25) is 14.6 Å². The molecule has 10 heavy (non-hydrogen) atoms. The first-order valence-corrected chi connectivity index (χ1v) is 2.86. The van der Waals surface area contributed by atoms with Crippen molar-refractivity contribution in [2.75, 3.05) is 0 Å². The molecule has 0 aromatic carbocycles. The Morgan fingerprint density at radius 1 is 1.90 bits per heavy atom. The molecule has 0 bridgehead atoms. The first-order chi connectivity index (χ1) is 4.74. The number of H-pyrrole nitrogens is 1. The van der Waals surface area contributed by atoms with Crippen LogP contribution in [0.1, 0.15) is 5.69 Å². The summed E-state index contributed by atoms with van der Waals surface area (Å²) in [5.41, 5.74) is 0.556. The van der Waals surface area contributed by atoms with Crippen LogP contribution in [0.5, 0.6) is 0 Å². The zero-order chi connectivity index (χ0) is 7.56. The van der Waals surface area contributed by atoms with Crippen LogP contribution < -0.4 is 5.56 Å². The molecule has 1 aromatic heterocycles. The highest BCUT2D eigenvalue weighted by molar-refractivity contribution is 5.04. The van der Waals surface area contributed by atoms with E-state index in [2.05, 4.69) is 5.10 Å². The van der Waals surface area contributed by atoms with Crippen molar-refractivity contribution in [3.05, 3.63) is 22.1 Å². The van der Waals surface area contributed by atoms with Gasteiger partial charge in [0.25, 0.3) is 5.56 Å². The molecule has 0 atom stereocenters. The number of hydrogen-bond acceptors (Lipinski definition) is 2. The fourth-order valence-corrected chi connectivity index (χ4v) is 0.724. The molecule has 1 N–H and O–H groups in total. The van der Waals surface area contributed by atoms with Gasteiger partial charge in [0.1, 0.15) is 0 Å². The van der Waals surface area contributed by atoms with Crippen LogP contribution in [0.25, 0.3) is 0 Å². The van der Waals surface area contributed by atoms with E-state index in [1.165, 1.54) is 10.7 Å². The molecule has 1 rings (SSSR count). The molecular weight excluding hydrogens is 130 g/mol. The number of nitrogens with one attached hydrogen (secondary N) is 1. The lowest BCUT2D eigenvalue weighted by molar-refractivity contribution is 0.727. The number of aromatic nitrogens is 2. The van der Waals surface area contributed by atoms with Gasteiger partial charge in [0.05, 0.1) is 18.2 Å². The van der Waals surface area contributed by atoms with Crippen molar-refractivity contribution in [3.63, 3.8) is 0 Å². The summed E-state index contributed by atoms with van der Waals surface area (Å²) in [5.74, 6) is 0. The number of nitriles is 1. The van der Waals surface area contributed by atoms with E-state index in [9.17, 15) is 4.79 Å². The monoisotopic (exact) mass is 137 g/mol. The Morgan fingerprint density at radius 2 is 2.60 bits per heavy atom. The van der Waals surface area contributed by atoms with E-state index in [-0.39, 0.29) is 12.0 Å². The lowest BCUT2D eigenvalue weighted by Crippen LogP contribution is -2.09. The summed E-state index contributed by atoms with van der Waals surface area (Å²) < 4.78 is 1.34. The summed E-state index contributed by atoms with van der Waals surface area (Å²) in [6, 6.07) is 3.36. The Morgan fingerprint density at radius 3 is 3.00 bits per heavy atom. The molecule has 0 aliphatic carbocycles. The molecule has 1 aromatic rings. The van der Waals surface area contributed by atoms with Gasteiger partial charge in [0.2, 0.25) is 0 Å². The third-order valence-electron chi connectivity index (χ3n) is 1.21. The van der Waals surface area contributed by atoms with Gasteiger partial charge in [-0.15, -0.1) is 0 Å². The summed E-state index contributed by atoms with van der Waals surface area (Å²) in [6.07, 6.45) is 0.260. The second-order valence-corrected chi connectivity index (χ2v) is 2.01. The minimum Gasteiger partial charge on any atom is -0.299 e. The number of rotatable bonds is 1. The van der Waals surface area contributed by atoms with Gasteiger partial charge in [0, 0.05) is 13.1 Å². The van der Waals surface area contributed by atoms with E-state index in [4.69, 9.17) is 5.26 Å². The molecule has 0 fully saturated rings. The molecule has 0 radical (unpaired) electrons. The number of aryl methyl sites for hydroxylation is 1. The highest BCUT2D eigenvalue weighted by atomic mass is 16.1. The zero-order valence-electron chi connectivity index (χ0n) is 5.59.